The summed E-state index contributed by atoms with van der Waals surface area (Å²) < 4.78 is 21.6. The number of likely N-dealkylation sites (N-methyl/N-ethyl adjacent to an activating group) is 1. The summed E-state index contributed by atoms with van der Waals surface area (Å²) in [6, 6.07) is 14.9. The van der Waals surface area contributed by atoms with Crippen molar-refractivity contribution in [2.75, 3.05) is 39.1 Å². The zero-order chi connectivity index (χ0) is 34.4. The minimum absolute atomic E-state index is 0.177. The highest BCUT2D eigenvalue weighted by atomic mass is 19.1. The molecule has 4 aliphatic rings. The maximum atomic E-state index is 14.8. The van der Waals surface area contributed by atoms with Crippen LogP contribution >= 0.6 is 0 Å². The Labute approximate surface area is 288 Å². The fraction of sp³-hybridized carbons (Fsp3) is 0.487. The zero-order valence-electron chi connectivity index (χ0n) is 29.5. The number of rotatable bonds is 7. The largest absolute Gasteiger partial charge is 0.497 e. The molecule has 1 saturated heterocycles. The number of aliphatic imine (C=N–C) groups is 1. The van der Waals surface area contributed by atoms with E-state index in [9.17, 15) is 9.18 Å². The number of benzene rings is 2. The molecule has 3 aliphatic carbocycles. The van der Waals surface area contributed by atoms with E-state index < -0.39 is 0 Å². The van der Waals surface area contributed by atoms with E-state index in [2.05, 4.69) is 54.8 Å². The van der Waals surface area contributed by atoms with Gasteiger partial charge < -0.3 is 19.9 Å². The van der Waals surface area contributed by atoms with Gasteiger partial charge in [0.25, 0.3) is 5.56 Å². The number of aryl methyl sites for hydroxylation is 1. The summed E-state index contributed by atoms with van der Waals surface area (Å²) in [5.74, 6) is 3.42. The van der Waals surface area contributed by atoms with Crippen molar-refractivity contribution in [3.05, 3.63) is 82.7 Å². The molecule has 1 N–H and O–H groups in total. The van der Waals surface area contributed by atoms with Gasteiger partial charge in [0.05, 0.1) is 24.1 Å². The molecular formula is C39H48FN7O2. The lowest BCUT2D eigenvalue weighted by Crippen LogP contribution is -2.57. The van der Waals surface area contributed by atoms with E-state index in [0.29, 0.717) is 63.7 Å². The van der Waals surface area contributed by atoms with Crippen molar-refractivity contribution in [1.29, 1.82) is 0 Å². The topological polar surface area (TPSA) is 87.9 Å². The van der Waals surface area contributed by atoms with Gasteiger partial charge in [0, 0.05) is 61.9 Å². The van der Waals surface area contributed by atoms with E-state index in [0.717, 1.165) is 43.3 Å². The van der Waals surface area contributed by atoms with Crippen LogP contribution < -0.4 is 15.6 Å². The maximum absolute atomic E-state index is 14.8. The normalized spacial score (nSPS) is 25.2. The molecule has 3 heterocycles. The second-order valence-electron chi connectivity index (χ2n) is 14.9. The lowest BCUT2D eigenvalue weighted by molar-refractivity contribution is -0.108. The number of hydrogen-bond acceptors (Lipinski definition) is 6. The Morgan fingerprint density at radius 3 is 2.65 bits per heavy atom. The Balaban J connectivity index is 1.23. The van der Waals surface area contributed by atoms with E-state index in [1.54, 1.807) is 29.1 Å². The van der Waals surface area contributed by atoms with Gasteiger partial charge in [-0.1, -0.05) is 26.8 Å². The van der Waals surface area contributed by atoms with E-state index in [1.165, 1.54) is 19.6 Å². The molecule has 10 heteroatoms. The summed E-state index contributed by atoms with van der Waals surface area (Å²) in [5, 5.41) is 4.20. The Morgan fingerprint density at radius 2 is 1.96 bits per heavy atom. The molecule has 2 bridgehead atoms. The predicted octanol–water partition coefficient (Wildman–Crippen LogP) is 6.32. The SMILES string of the molecule is COc1ccc(CCn2c(-c3cccnc3)nc3cc(NC(=N[C@H]4C[C@H]5C[C@@H]([C@@H]4C)C5(C)C)N4CCN(C)[C@@H](C)C4)ccc3c2=O)c(F)c1. The lowest BCUT2D eigenvalue weighted by atomic mass is 9.45. The highest BCUT2D eigenvalue weighted by molar-refractivity contribution is 5.96. The van der Waals surface area contributed by atoms with Crippen molar-refractivity contribution >= 4 is 22.5 Å². The first-order valence-corrected chi connectivity index (χ1v) is 17.6. The summed E-state index contributed by atoms with van der Waals surface area (Å²) in [4.78, 5) is 33.7. The second kappa shape index (κ2) is 13.2. The molecule has 4 fully saturated rings. The van der Waals surface area contributed by atoms with Crippen molar-refractivity contribution < 1.29 is 9.13 Å². The third kappa shape index (κ3) is 6.31. The van der Waals surface area contributed by atoms with Crippen LogP contribution in [0.25, 0.3) is 22.3 Å². The van der Waals surface area contributed by atoms with Gasteiger partial charge in [-0.2, -0.15) is 0 Å². The third-order valence-corrected chi connectivity index (χ3v) is 11.9. The Bertz CT molecular complexity index is 1930. The number of piperazine rings is 1. The number of guanidine groups is 1. The Morgan fingerprint density at radius 1 is 1.12 bits per heavy atom. The van der Waals surface area contributed by atoms with Crippen LogP contribution in [0.1, 0.15) is 46.1 Å². The number of nitrogens with one attached hydrogen (secondary N) is 1. The summed E-state index contributed by atoms with van der Waals surface area (Å²) >= 11 is 0. The van der Waals surface area contributed by atoms with Gasteiger partial charge in [-0.05, 0) is 98.4 Å². The van der Waals surface area contributed by atoms with Crippen LogP contribution in [0, 0.1) is 29.0 Å². The number of fused-ring (bicyclic) bond motifs is 3. The lowest BCUT2D eigenvalue weighted by Gasteiger charge is -2.61. The van der Waals surface area contributed by atoms with E-state index in [-0.39, 0.29) is 24.0 Å². The second-order valence-corrected chi connectivity index (χ2v) is 14.9. The first kappa shape index (κ1) is 33.2. The monoisotopic (exact) mass is 665 g/mol. The van der Waals surface area contributed by atoms with Gasteiger partial charge in [0.2, 0.25) is 0 Å². The van der Waals surface area contributed by atoms with Crippen LogP contribution in [-0.2, 0) is 13.0 Å². The standard InChI is InChI=1S/C39H48FN7O2/c1-24-23-46(17-16-45(24)5)38(44-34-19-28-18-32(25(34)2)39(28,3)4)42-29-10-12-31-35(20-29)43-36(27-8-7-14-41-22-27)47(37(31)48)15-13-26-9-11-30(49-6)21-33(26)40/h7-12,14,20-22,24-25,28,32,34H,13,15-19,23H2,1-6H3,(H,42,44)/t24-,25-,28+,32-,34-/m0/s1. The van der Waals surface area contributed by atoms with Gasteiger partial charge >= 0.3 is 0 Å². The van der Waals surface area contributed by atoms with Crippen LogP contribution in [-0.4, -0.2) is 76.2 Å². The van der Waals surface area contributed by atoms with Crippen LogP contribution in [0.3, 0.4) is 0 Å². The molecular weight excluding hydrogens is 617 g/mol. The van der Waals surface area contributed by atoms with Crippen LogP contribution in [0.15, 0.2) is 70.7 Å². The molecule has 2 aromatic heterocycles. The van der Waals surface area contributed by atoms with E-state index in [4.69, 9.17) is 14.7 Å². The van der Waals surface area contributed by atoms with Crippen molar-refractivity contribution in [3.8, 4) is 17.1 Å². The first-order chi connectivity index (χ1) is 23.5. The predicted molar refractivity (Wildman–Crippen MR) is 194 cm³/mol. The maximum Gasteiger partial charge on any atom is 0.261 e. The summed E-state index contributed by atoms with van der Waals surface area (Å²) in [6.45, 7) is 12.5. The molecule has 49 heavy (non-hydrogen) atoms. The summed E-state index contributed by atoms with van der Waals surface area (Å²) in [5.41, 5.74) is 2.87. The van der Waals surface area contributed by atoms with Gasteiger partial charge in [-0.3, -0.25) is 14.3 Å². The summed E-state index contributed by atoms with van der Waals surface area (Å²) in [7, 11) is 3.69. The smallest absolute Gasteiger partial charge is 0.261 e. The first-order valence-electron chi connectivity index (χ1n) is 17.6. The third-order valence-electron chi connectivity index (χ3n) is 11.9. The van der Waals surface area contributed by atoms with Crippen molar-refractivity contribution in [1.82, 2.24) is 24.3 Å². The number of pyridine rings is 1. The molecule has 5 atom stereocenters. The molecule has 2 aromatic carbocycles. The molecule has 1 aliphatic heterocycles. The molecule has 4 aromatic rings. The highest BCUT2D eigenvalue weighted by Gasteiger charge is 2.56. The van der Waals surface area contributed by atoms with Crippen LogP contribution in [0.2, 0.25) is 0 Å². The molecule has 0 spiro atoms. The molecule has 258 valence electrons. The van der Waals surface area contributed by atoms with Crippen molar-refractivity contribution in [2.45, 2.75) is 65.6 Å². The van der Waals surface area contributed by atoms with Gasteiger partial charge in [0.15, 0.2) is 5.96 Å². The fourth-order valence-electron chi connectivity index (χ4n) is 8.32. The van der Waals surface area contributed by atoms with Gasteiger partial charge in [-0.25, -0.2) is 14.4 Å². The minimum Gasteiger partial charge on any atom is -0.497 e. The molecule has 0 unspecified atom stereocenters. The molecule has 8 rings (SSSR count). The Kier molecular flexibility index (Phi) is 8.94. The minimum atomic E-state index is -0.365. The average Bonchev–Trinajstić information content (AvgIpc) is 3.10. The molecule has 3 saturated carbocycles. The zero-order valence-corrected chi connectivity index (χ0v) is 29.5. The molecule has 0 amide bonds. The van der Waals surface area contributed by atoms with Crippen LogP contribution in [0.4, 0.5) is 10.1 Å². The molecule has 0 radical (unpaired) electrons. The number of anilines is 1. The number of methoxy groups -OCH3 is 1. The van der Waals surface area contributed by atoms with Crippen molar-refractivity contribution in [3.63, 3.8) is 0 Å². The average molecular weight is 666 g/mol. The number of nitrogens with zero attached hydrogens (tertiary/aromatic N) is 6. The van der Waals surface area contributed by atoms with Crippen LogP contribution in [0.5, 0.6) is 5.75 Å². The van der Waals surface area contributed by atoms with Crippen molar-refractivity contribution in [2.24, 2.45) is 28.2 Å². The quantitative estimate of drug-likeness (QED) is 0.183. The molecule has 9 nitrogen and oxygen atoms in total. The summed E-state index contributed by atoms with van der Waals surface area (Å²) in [6.07, 6.45) is 6.15. The fourth-order valence-corrected chi connectivity index (χ4v) is 8.32. The van der Waals surface area contributed by atoms with E-state index >= 15 is 0 Å². The number of hydrogen-bond donors (Lipinski definition) is 1. The van der Waals surface area contributed by atoms with Gasteiger partial charge in [-0.15, -0.1) is 0 Å². The number of halogens is 1. The number of aromatic nitrogens is 3. The van der Waals surface area contributed by atoms with Gasteiger partial charge in [0.1, 0.15) is 17.4 Å². The Hall–Kier alpha value is -4.31. The highest BCUT2D eigenvalue weighted by Crippen LogP contribution is 2.61. The number of ether oxygens (including phenoxy) is 1. The van der Waals surface area contributed by atoms with E-state index in [1.807, 2.05) is 30.3 Å².